The van der Waals surface area contributed by atoms with Gasteiger partial charge in [-0.15, -0.1) is 11.8 Å². The highest BCUT2D eigenvalue weighted by molar-refractivity contribution is 8.00. The number of ether oxygens (including phenoxy) is 2. The van der Waals surface area contributed by atoms with Gasteiger partial charge in [0.1, 0.15) is 0 Å². The largest absolute Gasteiger partial charge is 0.490 e. The molecule has 1 saturated heterocycles. The van der Waals surface area contributed by atoms with Gasteiger partial charge in [-0.3, -0.25) is 24.1 Å². The van der Waals surface area contributed by atoms with Crippen molar-refractivity contribution in [2.75, 3.05) is 23.4 Å². The lowest BCUT2D eigenvalue weighted by Crippen LogP contribution is -2.42. The van der Waals surface area contributed by atoms with Crippen molar-refractivity contribution >= 4 is 63.0 Å². The number of halogens is 3. The van der Waals surface area contributed by atoms with Crippen molar-refractivity contribution in [2.24, 2.45) is 29.6 Å². The van der Waals surface area contributed by atoms with E-state index in [2.05, 4.69) is 10.3 Å². The van der Waals surface area contributed by atoms with Crippen LogP contribution in [0.25, 0.3) is 10.8 Å². The monoisotopic (exact) mass is 771 g/mol. The van der Waals surface area contributed by atoms with E-state index in [1.165, 1.54) is 23.9 Å². The number of aromatic amines is 1. The van der Waals surface area contributed by atoms with Crippen LogP contribution in [0.2, 0.25) is 0 Å². The molecule has 0 radical (unpaired) electrons. The number of anilines is 2. The summed E-state index contributed by atoms with van der Waals surface area (Å²) in [7, 11) is 0. The molecule has 2 aliphatic heterocycles. The number of rotatable bonds is 8. The van der Waals surface area contributed by atoms with Crippen molar-refractivity contribution in [3.63, 3.8) is 0 Å². The molecule has 54 heavy (non-hydrogen) atoms. The third kappa shape index (κ3) is 5.69. The van der Waals surface area contributed by atoms with Crippen LogP contribution in [-0.2, 0) is 20.6 Å². The lowest BCUT2D eigenvalue weighted by Gasteiger charge is -2.43. The van der Waals surface area contributed by atoms with Gasteiger partial charge in [0.25, 0.3) is 5.91 Å². The Morgan fingerprint density at radius 1 is 0.889 bits per heavy atom. The molecule has 7 atom stereocenters. The highest BCUT2D eigenvalue weighted by Crippen LogP contribution is 2.69. The van der Waals surface area contributed by atoms with E-state index in [1.807, 2.05) is 61.5 Å². The number of thiazole rings is 1. The first-order valence-electron chi connectivity index (χ1n) is 17.6. The number of thioether (sulfide) groups is 1. The fourth-order valence-electron chi connectivity index (χ4n) is 9.18. The van der Waals surface area contributed by atoms with Crippen LogP contribution in [0, 0.1) is 29.6 Å². The summed E-state index contributed by atoms with van der Waals surface area (Å²) in [6, 6.07) is 23.3. The first-order valence-corrected chi connectivity index (χ1v) is 19.3. The average molecular weight is 772 g/mol. The molecule has 4 aliphatic rings. The zero-order chi connectivity index (χ0) is 37.5. The third-order valence-electron chi connectivity index (χ3n) is 11.2. The summed E-state index contributed by atoms with van der Waals surface area (Å²) in [6.45, 7) is 1.88. The normalized spacial score (nSPS) is 25.4. The predicted octanol–water partition coefficient (Wildman–Crippen LogP) is 7.70. The van der Waals surface area contributed by atoms with E-state index < -0.39 is 35.4 Å². The molecule has 14 heteroatoms. The maximum absolute atomic E-state index is 14.1. The molecule has 9 nitrogen and oxygen atoms in total. The van der Waals surface area contributed by atoms with E-state index >= 15 is 0 Å². The van der Waals surface area contributed by atoms with Crippen molar-refractivity contribution in [2.45, 2.75) is 35.7 Å². The van der Waals surface area contributed by atoms with Gasteiger partial charge in [-0.05, 0) is 89.9 Å². The summed E-state index contributed by atoms with van der Waals surface area (Å²) < 4.78 is 52.8. The van der Waals surface area contributed by atoms with Gasteiger partial charge in [0.05, 0.1) is 34.7 Å². The van der Waals surface area contributed by atoms with Crippen LogP contribution < -0.4 is 24.6 Å². The molecule has 6 unspecified atom stereocenters. The molecule has 2 bridgehead atoms. The number of H-pyrrole nitrogens is 1. The van der Waals surface area contributed by atoms with Crippen molar-refractivity contribution in [1.82, 2.24) is 4.98 Å². The average Bonchev–Trinajstić information content (AvgIpc) is 3.89. The molecule has 2 N–H and O–H groups in total. The second-order valence-electron chi connectivity index (χ2n) is 14.1. The van der Waals surface area contributed by atoms with E-state index in [4.69, 9.17) is 9.47 Å². The zero-order valence-electron chi connectivity index (χ0n) is 28.6. The summed E-state index contributed by atoms with van der Waals surface area (Å²) >= 11 is 2.63. The molecule has 2 saturated carbocycles. The Bertz CT molecular complexity index is 2410. The number of fused-ring (bicyclic) bond motifs is 10. The summed E-state index contributed by atoms with van der Waals surface area (Å²) in [5.41, 5.74) is 0.463. The van der Waals surface area contributed by atoms with Gasteiger partial charge >= 0.3 is 11.0 Å². The predicted molar refractivity (Wildman–Crippen MR) is 198 cm³/mol. The third-order valence-corrected chi connectivity index (χ3v) is 13.8. The number of aromatic nitrogens is 1. The molecular formula is C40H32F3N3O6S2. The van der Waals surface area contributed by atoms with Crippen LogP contribution in [0.15, 0.2) is 94.7 Å². The van der Waals surface area contributed by atoms with Crippen LogP contribution in [0.1, 0.15) is 35.3 Å². The van der Waals surface area contributed by atoms with Gasteiger partial charge in [-0.25, -0.2) is 0 Å². The number of nitrogens with zero attached hydrogens (tertiary/aromatic N) is 1. The Morgan fingerprint density at radius 2 is 1.67 bits per heavy atom. The Labute approximate surface area is 314 Å². The number of carbonyl (C=O) groups excluding carboxylic acids is 3. The first-order chi connectivity index (χ1) is 26.0. The Morgan fingerprint density at radius 3 is 2.44 bits per heavy atom. The highest BCUT2D eigenvalue weighted by Gasteiger charge is 2.69. The summed E-state index contributed by atoms with van der Waals surface area (Å²) in [4.78, 5) is 58.3. The number of benzene rings is 4. The minimum atomic E-state index is -4.63. The van der Waals surface area contributed by atoms with Crippen LogP contribution in [0.3, 0.4) is 0 Å². The van der Waals surface area contributed by atoms with E-state index in [1.54, 1.807) is 6.07 Å². The summed E-state index contributed by atoms with van der Waals surface area (Å²) in [6.07, 6.45) is -4.01. The second-order valence-corrected chi connectivity index (χ2v) is 16.3. The molecule has 9 rings (SSSR count). The quantitative estimate of drug-likeness (QED) is 0.155. The van der Waals surface area contributed by atoms with Crippen LogP contribution in [0.4, 0.5) is 24.5 Å². The highest BCUT2D eigenvalue weighted by atomic mass is 32.2. The van der Waals surface area contributed by atoms with Crippen LogP contribution >= 0.6 is 23.1 Å². The van der Waals surface area contributed by atoms with Crippen molar-refractivity contribution < 1.29 is 37.0 Å². The number of carbonyl (C=O) groups is 3. The van der Waals surface area contributed by atoms with Gasteiger partial charge < -0.3 is 19.8 Å². The molecule has 5 aromatic rings. The summed E-state index contributed by atoms with van der Waals surface area (Å²) in [5, 5.41) is 5.52. The molecule has 0 spiro atoms. The minimum absolute atomic E-state index is 0.0767. The summed E-state index contributed by atoms with van der Waals surface area (Å²) in [5.74, 6) is -2.80. The van der Waals surface area contributed by atoms with Gasteiger partial charge in [0, 0.05) is 21.7 Å². The fourth-order valence-corrected chi connectivity index (χ4v) is 12.1. The van der Waals surface area contributed by atoms with Crippen molar-refractivity contribution in [3.8, 4) is 11.5 Å². The lowest BCUT2D eigenvalue weighted by atomic mass is 9.68. The van der Waals surface area contributed by atoms with Crippen molar-refractivity contribution in [3.05, 3.63) is 111 Å². The van der Waals surface area contributed by atoms with E-state index in [0.717, 1.165) is 54.6 Å². The van der Waals surface area contributed by atoms with Crippen molar-refractivity contribution in [1.29, 1.82) is 0 Å². The molecular weight excluding hydrogens is 740 g/mol. The van der Waals surface area contributed by atoms with Crippen LogP contribution in [0.5, 0.6) is 11.5 Å². The number of amides is 3. The second kappa shape index (κ2) is 13.0. The van der Waals surface area contributed by atoms with Gasteiger partial charge in [0.2, 0.25) is 11.8 Å². The smallest absolute Gasteiger partial charge is 0.416 e. The van der Waals surface area contributed by atoms with Crippen LogP contribution in [-0.4, -0.2) is 41.2 Å². The van der Waals surface area contributed by atoms with E-state index in [-0.39, 0.29) is 52.0 Å². The minimum Gasteiger partial charge on any atom is -0.490 e. The Balaban J connectivity index is 1.00. The molecule has 3 fully saturated rings. The van der Waals surface area contributed by atoms with Gasteiger partial charge in [-0.2, -0.15) is 13.2 Å². The van der Waals surface area contributed by atoms with Gasteiger partial charge in [0.15, 0.2) is 18.1 Å². The number of hydrogen-bond acceptors (Lipinski definition) is 8. The lowest BCUT2D eigenvalue weighted by molar-refractivity contribution is -0.137. The molecule has 2 aliphatic carbocycles. The number of imide groups is 1. The topological polar surface area (TPSA) is 118 Å². The zero-order valence-corrected chi connectivity index (χ0v) is 30.2. The maximum atomic E-state index is 14.1. The number of nitrogens with one attached hydrogen (secondary N) is 2. The number of hydrogen-bond donors (Lipinski definition) is 2. The molecule has 276 valence electrons. The Kier molecular flexibility index (Phi) is 8.38. The van der Waals surface area contributed by atoms with E-state index in [0.29, 0.717) is 30.2 Å². The molecule has 3 amide bonds. The Hall–Kier alpha value is -5.08. The maximum Gasteiger partial charge on any atom is 0.416 e. The van der Waals surface area contributed by atoms with E-state index in [9.17, 15) is 32.3 Å². The molecule has 4 aromatic carbocycles. The molecule has 3 heterocycles. The number of alkyl halides is 3. The fraction of sp³-hybridized carbons (Fsp3) is 0.300. The first kappa shape index (κ1) is 34.7. The standard InChI is InChI=1S/C40H32F3N3O6S2/c1-2-51-28-15-21(11-13-27(28)52-18-29(47)44-23-12-10-19-6-3-4-7-20(19)14-23)30-31-25-17-26(34(31)53-36-35(30)54-39(50)45-36)33-32(25)37(48)46(38(33)49)24-9-5-8-22(16-24)40(41,42)43/h3-16,25-26,30-34H,2,17-18H2,1H3,(H,44,47)(H,45,50)/t25?,26?,30-,31?,32?,33?,34?/m1/s1. The van der Waals surface area contributed by atoms with Gasteiger partial charge in [-0.1, -0.05) is 53.8 Å². The SMILES string of the molecule is CCOc1cc([C@H]2c3sc(=O)[nH]c3SC3C4CC(C5C(=O)N(c6cccc(C(F)(F)F)c6)C(=O)C45)C32)ccc1OCC(=O)Nc1ccc2ccccc2c1. The molecule has 1 aromatic heterocycles.